The highest BCUT2D eigenvalue weighted by molar-refractivity contribution is 6.10. The van der Waals surface area contributed by atoms with Gasteiger partial charge in [-0.05, 0) is 35.6 Å². The molecule has 7 nitrogen and oxygen atoms in total. The summed E-state index contributed by atoms with van der Waals surface area (Å²) in [5.74, 6) is 0.516. The van der Waals surface area contributed by atoms with Crippen molar-refractivity contribution in [1.82, 2.24) is 14.7 Å². The van der Waals surface area contributed by atoms with Crippen LogP contribution in [-0.2, 0) is 26.3 Å². The van der Waals surface area contributed by atoms with Crippen LogP contribution in [0.5, 0.6) is 5.75 Å². The molecule has 0 aromatic heterocycles. The Bertz CT molecular complexity index is 1060. The third kappa shape index (κ3) is 5.62. The van der Waals surface area contributed by atoms with E-state index in [1.807, 2.05) is 35.2 Å². The molecule has 1 atom stereocenters. The van der Waals surface area contributed by atoms with Gasteiger partial charge in [0.1, 0.15) is 5.75 Å². The normalized spacial score (nSPS) is 20.9. The average Bonchev–Trinajstić information content (AvgIpc) is 3.13. The molecule has 7 heteroatoms. The Kier molecular flexibility index (Phi) is 8.09. The van der Waals surface area contributed by atoms with Crippen molar-refractivity contribution >= 4 is 17.7 Å². The first-order valence-electron chi connectivity index (χ1n) is 12.9. The fraction of sp³-hybridized carbons (Fsp3) is 0.483. The summed E-state index contributed by atoms with van der Waals surface area (Å²) in [6.07, 6.45) is 0.768. The molecule has 0 bridgehead atoms. The van der Waals surface area contributed by atoms with Crippen LogP contribution in [0, 0.1) is 5.92 Å². The number of nitrogens with zero attached hydrogens (tertiary/aromatic N) is 3. The fourth-order valence-electron chi connectivity index (χ4n) is 5.16. The van der Waals surface area contributed by atoms with Crippen LogP contribution in [0.15, 0.2) is 54.6 Å². The largest absolute Gasteiger partial charge is 0.497 e. The standard InChI is InChI=1S/C29H37N3O4/c1-22(2)13-14-32-27(34)20-29(28(32)35,24-9-11-25(36-3)12-10-24)19-26(33)31-17-15-30(16-18-31)21-23-7-5-4-6-8-23/h4-12,22H,13-21H2,1-3H3. The molecule has 0 aliphatic carbocycles. The zero-order valence-electron chi connectivity index (χ0n) is 21.6. The van der Waals surface area contributed by atoms with E-state index in [0.717, 1.165) is 26.1 Å². The number of amides is 3. The van der Waals surface area contributed by atoms with Crippen molar-refractivity contribution in [3.8, 4) is 5.75 Å². The smallest absolute Gasteiger partial charge is 0.240 e. The first kappa shape index (κ1) is 25.9. The van der Waals surface area contributed by atoms with Gasteiger partial charge < -0.3 is 9.64 Å². The third-order valence-electron chi connectivity index (χ3n) is 7.41. The lowest BCUT2D eigenvalue weighted by atomic mass is 9.75. The molecule has 192 valence electrons. The van der Waals surface area contributed by atoms with Crippen molar-refractivity contribution in [2.45, 2.75) is 45.1 Å². The number of hydrogen-bond donors (Lipinski definition) is 0. The van der Waals surface area contributed by atoms with Crippen molar-refractivity contribution in [2.75, 3.05) is 39.8 Å². The summed E-state index contributed by atoms with van der Waals surface area (Å²) < 4.78 is 5.29. The van der Waals surface area contributed by atoms with E-state index in [2.05, 4.69) is 30.9 Å². The second kappa shape index (κ2) is 11.2. The molecule has 2 heterocycles. The molecule has 1 unspecified atom stereocenters. The van der Waals surface area contributed by atoms with E-state index < -0.39 is 5.41 Å². The van der Waals surface area contributed by atoms with E-state index in [4.69, 9.17) is 4.74 Å². The number of likely N-dealkylation sites (tertiary alicyclic amines) is 1. The van der Waals surface area contributed by atoms with Crippen LogP contribution in [0.4, 0.5) is 0 Å². The Morgan fingerprint density at radius 1 is 0.972 bits per heavy atom. The molecule has 36 heavy (non-hydrogen) atoms. The van der Waals surface area contributed by atoms with Gasteiger partial charge in [0.2, 0.25) is 17.7 Å². The van der Waals surface area contributed by atoms with Gasteiger partial charge in [-0.1, -0.05) is 56.3 Å². The van der Waals surface area contributed by atoms with Crippen LogP contribution in [0.25, 0.3) is 0 Å². The highest BCUT2D eigenvalue weighted by Gasteiger charge is 2.54. The third-order valence-corrected chi connectivity index (χ3v) is 7.41. The number of benzene rings is 2. The number of ether oxygens (including phenoxy) is 1. The molecule has 0 saturated carbocycles. The molecule has 0 radical (unpaired) electrons. The van der Waals surface area contributed by atoms with Gasteiger partial charge in [-0.25, -0.2) is 0 Å². The zero-order valence-corrected chi connectivity index (χ0v) is 21.6. The van der Waals surface area contributed by atoms with Crippen LogP contribution in [0.2, 0.25) is 0 Å². The predicted molar refractivity (Wildman–Crippen MR) is 138 cm³/mol. The number of methoxy groups -OCH3 is 1. The van der Waals surface area contributed by atoms with Crippen LogP contribution < -0.4 is 4.74 Å². The highest BCUT2D eigenvalue weighted by atomic mass is 16.5. The summed E-state index contributed by atoms with van der Waals surface area (Å²) in [5.41, 5.74) is 0.788. The van der Waals surface area contributed by atoms with E-state index >= 15 is 0 Å². The quantitative estimate of drug-likeness (QED) is 0.503. The monoisotopic (exact) mass is 491 g/mol. The van der Waals surface area contributed by atoms with E-state index in [0.29, 0.717) is 36.9 Å². The summed E-state index contributed by atoms with van der Waals surface area (Å²) in [6.45, 7) is 8.18. The highest BCUT2D eigenvalue weighted by Crippen LogP contribution is 2.41. The van der Waals surface area contributed by atoms with E-state index in [1.54, 1.807) is 19.2 Å². The molecule has 2 aromatic carbocycles. The van der Waals surface area contributed by atoms with Gasteiger partial charge in [0, 0.05) is 52.1 Å². The van der Waals surface area contributed by atoms with Crippen LogP contribution in [0.1, 0.15) is 44.2 Å². The molecule has 2 fully saturated rings. The number of rotatable bonds is 9. The Labute approximate surface area is 214 Å². The summed E-state index contributed by atoms with van der Waals surface area (Å²) >= 11 is 0. The first-order valence-corrected chi connectivity index (χ1v) is 12.9. The van der Waals surface area contributed by atoms with Crippen LogP contribution in [-0.4, -0.2) is 72.3 Å². The SMILES string of the molecule is COc1ccc(C2(CC(=O)N3CCN(Cc4ccccc4)CC3)CC(=O)N(CCC(C)C)C2=O)cc1. The second-order valence-corrected chi connectivity index (χ2v) is 10.3. The molecule has 0 N–H and O–H groups in total. The Morgan fingerprint density at radius 2 is 1.64 bits per heavy atom. The summed E-state index contributed by atoms with van der Waals surface area (Å²) in [6, 6.07) is 17.5. The summed E-state index contributed by atoms with van der Waals surface area (Å²) in [7, 11) is 1.59. The fourth-order valence-corrected chi connectivity index (χ4v) is 5.16. The minimum absolute atomic E-state index is 0.000760. The van der Waals surface area contributed by atoms with Crippen molar-refractivity contribution < 1.29 is 19.1 Å². The van der Waals surface area contributed by atoms with Crippen molar-refractivity contribution in [3.05, 3.63) is 65.7 Å². The minimum atomic E-state index is -1.17. The molecule has 3 amide bonds. The van der Waals surface area contributed by atoms with Crippen LogP contribution >= 0.6 is 0 Å². The molecular formula is C29H37N3O4. The van der Waals surface area contributed by atoms with E-state index in [9.17, 15) is 14.4 Å². The molecule has 2 saturated heterocycles. The van der Waals surface area contributed by atoms with E-state index in [-0.39, 0.29) is 30.6 Å². The van der Waals surface area contributed by atoms with Gasteiger partial charge in [-0.2, -0.15) is 0 Å². The van der Waals surface area contributed by atoms with Gasteiger partial charge in [-0.15, -0.1) is 0 Å². The van der Waals surface area contributed by atoms with Gasteiger partial charge in [0.25, 0.3) is 0 Å². The Morgan fingerprint density at radius 3 is 2.25 bits per heavy atom. The number of piperazine rings is 1. The molecule has 2 aliphatic rings. The maximum absolute atomic E-state index is 13.8. The van der Waals surface area contributed by atoms with Gasteiger partial charge in [-0.3, -0.25) is 24.2 Å². The minimum Gasteiger partial charge on any atom is -0.497 e. The van der Waals surface area contributed by atoms with E-state index in [1.165, 1.54) is 10.5 Å². The predicted octanol–water partition coefficient (Wildman–Crippen LogP) is 3.47. The lowest BCUT2D eigenvalue weighted by molar-refractivity contribution is -0.143. The number of hydrogen-bond acceptors (Lipinski definition) is 5. The second-order valence-electron chi connectivity index (χ2n) is 10.3. The lowest BCUT2D eigenvalue weighted by Gasteiger charge is -2.36. The van der Waals surface area contributed by atoms with Crippen molar-refractivity contribution in [2.24, 2.45) is 5.92 Å². The Hall–Kier alpha value is -3.19. The Balaban J connectivity index is 1.49. The summed E-state index contributed by atoms with van der Waals surface area (Å²) in [4.78, 5) is 45.9. The summed E-state index contributed by atoms with van der Waals surface area (Å²) in [5, 5.41) is 0. The van der Waals surface area contributed by atoms with Gasteiger partial charge in [0.15, 0.2) is 0 Å². The van der Waals surface area contributed by atoms with Crippen LogP contribution in [0.3, 0.4) is 0 Å². The molecule has 0 spiro atoms. The maximum atomic E-state index is 13.8. The zero-order chi connectivity index (χ0) is 25.7. The van der Waals surface area contributed by atoms with Gasteiger partial charge in [0.05, 0.1) is 12.5 Å². The number of carbonyl (C=O) groups is 3. The average molecular weight is 492 g/mol. The number of carbonyl (C=O) groups excluding carboxylic acids is 3. The molecule has 2 aromatic rings. The number of imide groups is 1. The van der Waals surface area contributed by atoms with Crippen molar-refractivity contribution in [1.29, 1.82) is 0 Å². The topological polar surface area (TPSA) is 70.2 Å². The first-order chi connectivity index (χ1) is 17.3. The lowest BCUT2D eigenvalue weighted by Crippen LogP contribution is -2.50. The molecule has 2 aliphatic heterocycles. The van der Waals surface area contributed by atoms with Crippen molar-refractivity contribution in [3.63, 3.8) is 0 Å². The maximum Gasteiger partial charge on any atom is 0.240 e. The molecule has 4 rings (SSSR count). The molecular weight excluding hydrogens is 454 g/mol. The van der Waals surface area contributed by atoms with Gasteiger partial charge >= 0.3 is 0 Å².